The van der Waals surface area contributed by atoms with Gasteiger partial charge in [0.15, 0.2) is 0 Å². The number of halogens is 2. The van der Waals surface area contributed by atoms with Gasteiger partial charge in [0.1, 0.15) is 18.2 Å². The van der Waals surface area contributed by atoms with Crippen molar-refractivity contribution in [1.29, 1.82) is 0 Å². The SMILES string of the molecule is Cc1ccc(NC(=O)CNC(=O)CN(C(=O)c2cc(F)cc(F)c2)C(C)C)cc1. The second-order valence-electron chi connectivity index (χ2n) is 6.88. The molecule has 0 aliphatic rings. The number of amides is 3. The van der Waals surface area contributed by atoms with E-state index < -0.39 is 35.4 Å². The molecule has 0 saturated carbocycles. The first kappa shape index (κ1) is 22.0. The van der Waals surface area contributed by atoms with E-state index in [1.165, 1.54) is 4.90 Å². The minimum Gasteiger partial charge on any atom is -0.345 e. The molecule has 0 saturated heterocycles. The van der Waals surface area contributed by atoms with Gasteiger partial charge >= 0.3 is 0 Å². The second kappa shape index (κ2) is 9.77. The molecule has 0 heterocycles. The van der Waals surface area contributed by atoms with E-state index in [-0.39, 0.29) is 18.7 Å². The van der Waals surface area contributed by atoms with Crippen LogP contribution in [0.4, 0.5) is 14.5 Å². The quantitative estimate of drug-likeness (QED) is 0.746. The zero-order chi connectivity index (χ0) is 21.6. The normalized spacial score (nSPS) is 10.6. The summed E-state index contributed by atoms with van der Waals surface area (Å²) in [5.74, 6) is -3.43. The van der Waals surface area contributed by atoms with Gasteiger partial charge in [0.25, 0.3) is 5.91 Å². The van der Waals surface area contributed by atoms with E-state index in [1.807, 2.05) is 19.1 Å². The molecule has 2 rings (SSSR count). The van der Waals surface area contributed by atoms with Gasteiger partial charge in [-0.3, -0.25) is 14.4 Å². The molecule has 29 heavy (non-hydrogen) atoms. The summed E-state index contributed by atoms with van der Waals surface area (Å²) in [4.78, 5) is 37.9. The minimum absolute atomic E-state index is 0.193. The van der Waals surface area contributed by atoms with Crippen LogP contribution in [0.1, 0.15) is 29.8 Å². The summed E-state index contributed by atoms with van der Waals surface area (Å²) in [7, 11) is 0. The highest BCUT2D eigenvalue weighted by atomic mass is 19.1. The molecule has 0 bridgehead atoms. The maximum Gasteiger partial charge on any atom is 0.254 e. The van der Waals surface area contributed by atoms with Crippen LogP contribution in [-0.4, -0.2) is 41.8 Å². The fraction of sp³-hybridized carbons (Fsp3) is 0.286. The Hall–Kier alpha value is -3.29. The molecular formula is C21H23F2N3O3. The second-order valence-corrected chi connectivity index (χ2v) is 6.88. The van der Waals surface area contributed by atoms with Gasteiger partial charge < -0.3 is 15.5 Å². The molecule has 0 spiro atoms. The van der Waals surface area contributed by atoms with Gasteiger partial charge in [-0.15, -0.1) is 0 Å². The highest BCUT2D eigenvalue weighted by molar-refractivity contribution is 5.98. The van der Waals surface area contributed by atoms with Gasteiger partial charge in [0.2, 0.25) is 11.8 Å². The van der Waals surface area contributed by atoms with Crippen molar-refractivity contribution in [3.63, 3.8) is 0 Å². The monoisotopic (exact) mass is 403 g/mol. The van der Waals surface area contributed by atoms with Crippen LogP contribution in [-0.2, 0) is 9.59 Å². The van der Waals surface area contributed by atoms with Crippen LogP contribution in [0.2, 0.25) is 0 Å². The van der Waals surface area contributed by atoms with Crippen molar-refractivity contribution in [3.05, 3.63) is 65.2 Å². The van der Waals surface area contributed by atoms with Crippen LogP contribution < -0.4 is 10.6 Å². The number of aryl methyl sites for hydroxylation is 1. The minimum atomic E-state index is -0.880. The Labute approximate surface area is 167 Å². The number of benzene rings is 2. The Morgan fingerprint density at radius 1 is 0.966 bits per heavy atom. The number of hydrogen-bond acceptors (Lipinski definition) is 3. The van der Waals surface area contributed by atoms with Gasteiger partial charge in [-0.05, 0) is 45.0 Å². The fourth-order valence-electron chi connectivity index (χ4n) is 2.56. The number of nitrogens with one attached hydrogen (secondary N) is 2. The maximum absolute atomic E-state index is 13.4. The summed E-state index contributed by atoms with van der Waals surface area (Å²) in [6.07, 6.45) is 0. The van der Waals surface area contributed by atoms with Crippen LogP contribution in [0.5, 0.6) is 0 Å². The Balaban J connectivity index is 1.94. The Morgan fingerprint density at radius 2 is 1.55 bits per heavy atom. The summed E-state index contributed by atoms with van der Waals surface area (Å²) in [6, 6.07) is 9.25. The molecule has 0 unspecified atom stereocenters. The number of rotatable bonds is 7. The van der Waals surface area contributed by atoms with Gasteiger partial charge in [-0.25, -0.2) is 8.78 Å². The Kier molecular flexibility index (Phi) is 7.41. The molecule has 2 aromatic rings. The summed E-state index contributed by atoms with van der Waals surface area (Å²) in [5.41, 5.74) is 1.45. The molecule has 0 fully saturated rings. The van der Waals surface area contributed by atoms with Crippen molar-refractivity contribution in [2.45, 2.75) is 26.8 Å². The van der Waals surface area contributed by atoms with Crippen LogP contribution in [0.3, 0.4) is 0 Å². The molecule has 0 aliphatic carbocycles. The van der Waals surface area contributed by atoms with Crippen molar-refractivity contribution in [2.75, 3.05) is 18.4 Å². The predicted molar refractivity (Wildman–Crippen MR) is 105 cm³/mol. The van der Waals surface area contributed by atoms with E-state index in [4.69, 9.17) is 0 Å². The number of carbonyl (C=O) groups excluding carboxylic acids is 3. The summed E-state index contributed by atoms with van der Waals surface area (Å²) >= 11 is 0. The number of hydrogen-bond donors (Lipinski definition) is 2. The van der Waals surface area contributed by atoms with E-state index >= 15 is 0 Å². The van der Waals surface area contributed by atoms with E-state index in [0.29, 0.717) is 11.8 Å². The molecule has 154 valence electrons. The van der Waals surface area contributed by atoms with Gasteiger partial charge in [0.05, 0.1) is 6.54 Å². The molecule has 0 aromatic heterocycles. The topological polar surface area (TPSA) is 78.5 Å². The highest BCUT2D eigenvalue weighted by Gasteiger charge is 2.23. The number of carbonyl (C=O) groups is 3. The number of anilines is 1. The van der Waals surface area contributed by atoms with Crippen molar-refractivity contribution in [1.82, 2.24) is 10.2 Å². The Bertz CT molecular complexity index is 878. The zero-order valence-corrected chi connectivity index (χ0v) is 16.5. The van der Waals surface area contributed by atoms with Crippen molar-refractivity contribution >= 4 is 23.4 Å². The lowest BCUT2D eigenvalue weighted by Crippen LogP contribution is -2.45. The van der Waals surface area contributed by atoms with Crippen molar-refractivity contribution in [3.8, 4) is 0 Å². The summed E-state index contributed by atoms with van der Waals surface area (Å²) in [5, 5.41) is 5.08. The molecule has 8 heteroatoms. The highest BCUT2D eigenvalue weighted by Crippen LogP contribution is 2.13. The molecular weight excluding hydrogens is 380 g/mol. The van der Waals surface area contributed by atoms with Crippen LogP contribution in [0, 0.1) is 18.6 Å². The third-order valence-electron chi connectivity index (χ3n) is 4.09. The van der Waals surface area contributed by atoms with E-state index in [1.54, 1.807) is 26.0 Å². The first-order valence-electron chi connectivity index (χ1n) is 9.06. The summed E-state index contributed by atoms with van der Waals surface area (Å²) < 4.78 is 26.8. The van der Waals surface area contributed by atoms with Crippen molar-refractivity contribution in [2.24, 2.45) is 0 Å². The molecule has 6 nitrogen and oxygen atoms in total. The largest absolute Gasteiger partial charge is 0.345 e. The molecule has 2 aromatic carbocycles. The Morgan fingerprint density at radius 3 is 2.10 bits per heavy atom. The van der Waals surface area contributed by atoms with E-state index in [0.717, 1.165) is 17.7 Å². The van der Waals surface area contributed by atoms with Crippen LogP contribution in [0.15, 0.2) is 42.5 Å². The molecule has 0 aliphatic heterocycles. The lowest BCUT2D eigenvalue weighted by molar-refractivity contribution is -0.124. The first-order valence-corrected chi connectivity index (χ1v) is 9.06. The van der Waals surface area contributed by atoms with Crippen molar-refractivity contribution < 1.29 is 23.2 Å². The van der Waals surface area contributed by atoms with Gasteiger partial charge in [-0.2, -0.15) is 0 Å². The predicted octanol–water partition coefficient (Wildman–Crippen LogP) is 2.88. The van der Waals surface area contributed by atoms with Crippen LogP contribution in [0.25, 0.3) is 0 Å². The average Bonchev–Trinajstić information content (AvgIpc) is 2.64. The molecule has 3 amide bonds. The third kappa shape index (κ3) is 6.67. The van der Waals surface area contributed by atoms with Gasteiger partial charge in [-0.1, -0.05) is 17.7 Å². The third-order valence-corrected chi connectivity index (χ3v) is 4.09. The molecule has 0 radical (unpaired) electrons. The van der Waals surface area contributed by atoms with Gasteiger partial charge in [0, 0.05) is 23.4 Å². The zero-order valence-electron chi connectivity index (χ0n) is 16.5. The van der Waals surface area contributed by atoms with E-state index in [9.17, 15) is 23.2 Å². The lowest BCUT2D eigenvalue weighted by atomic mass is 10.1. The fourth-order valence-corrected chi connectivity index (χ4v) is 2.56. The molecule has 0 atom stereocenters. The maximum atomic E-state index is 13.4. The van der Waals surface area contributed by atoms with Crippen LogP contribution >= 0.6 is 0 Å². The standard InChI is InChI=1S/C21H23F2N3O3/c1-13(2)26(21(29)15-8-16(22)10-17(23)9-15)12-20(28)24-11-19(27)25-18-6-4-14(3)5-7-18/h4-10,13H,11-12H2,1-3H3,(H,24,28)(H,25,27). The summed E-state index contributed by atoms with van der Waals surface area (Å²) in [6.45, 7) is 4.63. The average molecular weight is 403 g/mol. The lowest BCUT2D eigenvalue weighted by Gasteiger charge is -2.26. The first-order chi connectivity index (χ1) is 13.7. The molecule has 2 N–H and O–H groups in total. The smallest absolute Gasteiger partial charge is 0.254 e. The van der Waals surface area contributed by atoms with E-state index in [2.05, 4.69) is 10.6 Å². The number of nitrogens with zero attached hydrogens (tertiary/aromatic N) is 1.